The second kappa shape index (κ2) is 5.06. The summed E-state index contributed by atoms with van der Waals surface area (Å²) in [7, 11) is 0. The van der Waals surface area contributed by atoms with Gasteiger partial charge in [-0.1, -0.05) is 6.07 Å². The van der Waals surface area contributed by atoms with E-state index in [-0.39, 0.29) is 5.75 Å². The fourth-order valence-corrected chi connectivity index (χ4v) is 2.04. The number of hydrogen-bond donors (Lipinski definition) is 1. The molecule has 1 aliphatic heterocycles. The van der Waals surface area contributed by atoms with Crippen LogP contribution in [-0.4, -0.2) is 32.0 Å². The maximum Gasteiger partial charge on any atom is 0.573 e. The van der Waals surface area contributed by atoms with Gasteiger partial charge < -0.3 is 15.0 Å². The van der Waals surface area contributed by atoms with Crippen LogP contribution in [0.15, 0.2) is 24.3 Å². The van der Waals surface area contributed by atoms with Crippen molar-refractivity contribution >= 4 is 5.69 Å². The molecule has 0 radical (unpaired) electrons. The van der Waals surface area contributed by atoms with E-state index in [1.807, 2.05) is 11.8 Å². The van der Waals surface area contributed by atoms with Crippen LogP contribution in [-0.2, 0) is 0 Å². The fraction of sp³-hybridized carbons (Fsp3) is 0.500. The van der Waals surface area contributed by atoms with Crippen molar-refractivity contribution in [1.29, 1.82) is 0 Å². The first-order chi connectivity index (χ1) is 8.44. The van der Waals surface area contributed by atoms with E-state index in [4.69, 9.17) is 0 Å². The molecule has 1 fully saturated rings. The molecule has 0 bridgehead atoms. The van der Waals surface area contributed by atoms with Gasteiger partial charge in [0.25, 0.3) is 0 Å². The number of piperazine rings is 1. The van der Waals surface area contributed by atoms with Crippen LogP contribution in [0.25, 0.3) is 0 Å². The average Bonchev–Trinajstić information content (AvgIpc) is 2.27. The van der Waals surface area contributed by atoms with Gasteiger partial charge in [-0.15, -0.1) is 13.2 Å². The fourth-order valence-electron chi connectivity index (χ4n) is 2.04. The van der Waals surface area contributed by atoms with Crippen molar-refractivity contribution in [1.82, 2.24) is 5.32 Å². The highest BCUT2D eigenvalue weighted by molar-refractivity contribution is 5.51. The number of ether oxygens (including phenoxy) is 1. The zero-order chi connectivity index (χ0) is 13.2. The van der Waals surface area contributed by atoms with Crippen LogP contribution in [0.5, 0.6) is 5.75 Å². The lowest BCUT2D eigenvalue weighted by molar-refractivity contribution is -0.274. The van der Waals surface area contributed by atoms with Gasteiger partial charge in [0.05, 0.1) is 0 Å². The molecule has 6 heteroatoms. The molecule has 0 aliphatic carbocycles. The van der Waals surface area contributed by atoms with Gasteiger partial charge in [-0.05, 0) is 19.1 Å². The second-order valence-electron chi connectivity index (χ2n) is 4.35. The number of anilines is 1. The maximum atomic E-state index is 12.1. The van der Waals surface area contributed by atoms with Crippen molar-refractivity contribution in [2.75, 3.05) is 24.5 Å². The summed E-state index contributed by atoms with van der Waals surface area (Å²) in [5, 5.41) is 3.28. The zero-order valence-electron chi connectivity index (χ0n) is 10.00. The van der Waals surface area contributed by atoms with E-state index in [0.717, 1.165) is 25.3 Å². The Morgan fingerprint density at radius 3 is 2.83 bits per heavy atom. The van der Waals surface area contributed by atoms with Crippen LogP contribution in [0.4, 0.5) is 18.9 Å². The molecule has 3 nitrogen and oxygen atoms in total. The van der Waals surface area contributed by atoms with Crippen molar-refractivity contribution in [2.45, 2.75) is 19.3 Å². The van der Waals surface area contributed by atoms with Crippen molar-refractivity contribution < 1.29 is 17.9 Å². The zero-order valence-corrected chi connectivity index (χ0v) is 10.00. The van der Waals surface area contributed by atoms with Crippen molar-refractivity contribution in [2.24, 2.45) is 0 Å². The highest BCUT2D eigenvalue weighted by Crippen LogP contribution is 2.27. The van der Waals surface area contributed by atoms with Crippen LogP contribution < -0.4 is 15.0 Å². The van der Waals surface area contributed by atoms with Gasteiger partial charge in [-0.25, -0.2) is 0 Å². The molecule has 2 rings (SSSR count). The quantitative estimate of drug-likeness (QED) is 0.883. The lowest BCUT2D eigenvalue weighted by atomic mass is 10.2. The number of rotatable bonds is 2. The number of nitrogens with one attached hydrogen (secondary N) is 1. The van der Waals surface area contributed by atoms with Gasteiger partial charge in [0.1, 0.15) is 5.75 Å². The molecule has 1 aliphatic rings. The monoisotopic (exact) mass is 260 g/mol. The smallest absolute Gasteiger partial charge is 0.406 e. The Morgan fingerprint density at radius 1 is 1.39 bits per heavy atom. The number of alkyl halides is 3. The minimum Gasteiger partial charge on any atom is -0.406 e. The first kappa shape index (κ1) is 13.0. The summed E-state index contributed by atoms with van der Waals surface area (Å²) in [4.78, 5) is 2.05. The molecule has 1 aromatic carbocycles. The van der Waals surface area contributed by atoms with Gasteiger partial charge >= 0.3 is 6.36 Å². The minimum atomic E-state index is -4.64. The topological polar surface area (TPSA) is 24.5 Å². The average molecular weight is 260 g/mol. The van der Waals surface area contributed by atoms with Crippen molar-refractivity contribution in [3.63, 3.8) is 0 Å². The lowest BCUT2D eigenvalue weighted by Crippen LogP contribution is -2.49. The van der Waals surface area contributed by atoms with Crippen LogP contribution in [0, 0.1) is 0 Å². The van der Waals surface area contributed by atoms with E-state index in [0.29, 0.717) is 6.04 Å². The van der Waals surface area contributed by atoms with E-state index >= 15 is 0 Å². The highest BCUT2D eigenvalue weighted by atomic mass is 19.4. The third-order valence-electron chi connectivity index (χ3n) is 2.79. The summed E-state index contributed by atoms with van der Waals surface area (Å²) < 4.78 is 40.3. The molecule has 0 saturated carbocycles. The number of benzene rings is 1. The van der Waals surface area contributed by atoms with E-state index < -0.39 is 6.36 Å². The second-order valence-corrected chi connectivity index (χ2v) is 4.35. The van der Waals surface area contributed by atoms with Crippen LogP contribution in [0.2, 0.25) is 0 Å². The van der Waals surface area contributed by atoms with Crippen LogP contribution in [0.3, 0.4) is 0 Å². The van der Waals surface area contributed by atoms with Gasteiger partial charge in [-0.2, -0.15) is 0 Å². The van der Waals surface area contributed by atoms with Gasteiger partial charge in [0.2, 0.25) is 0 Å². The van der Waals surface area contributed by atoms with Crippen LogP contribution in [0.1, 0.15) is 6.92 Å². The molecule has 0 aromatic heterocycles. The lowest BCUT2D eigenvalue weighted by Gasteiger charge is -2.33. The summed E-state index contributed by atoms with van der Waals surface area (Å²) >= 11 is 0. The predicted octanol–water partition coefficient (Wildman–Crippen LogP) is 2.38. The third kappa shape index (κ3) is 3.53. The summed E-state index contributed by atoms with van der Waals surface area (Å²) in [6, 6.07) is 6.42. The molecule has 1 heterocycles. The third-order valence-corrected chi connectivity index (χ3v) is 2.79. The molecule has 1 atom stereocenters. The molecule has 1 saturated heterocycles. The molecule has 1 unspecified atom stereocenters. The summed E-state index contributed by atoms with van der Waals surface area (Å²) in [5.41, 5.74) is 0.755. The highest BCUT2D eigenvalue weighted by Gasteiger charge is 2.31. The first-order valence-electron chi connectivity index (χ1n) is 5.78. The Hall–Kier alpha value is -1.43. The van der Waals surface area contributed by atoms with Crippen molar-refractivity contribution in [3.8, 4) is 5.75 Å². The molecular formula is C12H15F3N2O. The van der Waals surface area contributed by atoms with Gasteiger partial charge in [-0.3, -0.25) is 0 Å². The summed E-state index contributed by atoms with van der Waals surface area (Å²) in [6.45, 7) is 4.42. The molecule has 18 heavy (non-hydrogen) atoms. The van der Waals surface area contributed by atoms with Gasteiger partial charge in [0.15, 0.2) is 0 Å². The summed E-state index contributed by atoms with van der Waals surface area (Å²) in [5.74, 6) is -0.175. The normalized spacial score (nSPS) is 20.9. The Morgan fingerprint density at radius 2 is 2.17 bits per heavy atom. The standard InChI is InChI=1S/C12H15F3N2O/c1-9-8-17(6-5-16-9)10-3-2-4-11(7-10)18-12(13,14)15/h2-4,7,9,16H,5-6,8H2,1H3. The Labute approximate surface area is 104 Å². The first-order valence-corrected chi connectivity index (χ1v) is 5.78. The Bertz CT molecular complexity index is 409. The largest absolute Gasteiger partial charge is 0.573 e. The summed E-state index contributed by atoms with van der Waals surface area (Å²) in [6.07, 6.45) is -4.64. The molecule has 0 amide bonds. The maximum absolute atomic E-state index is 12.1. The predicted molar refractivity (Wildman–Crippen MR) is 62.8 cm³/mol. The van der Waals surface area contributed by atoms with Crippen LogP contribution >= 0.6 is 0 Å². The van der Waals surface area contributed by atoms with E-state index in [1.54, 1.807) is 12.1 Å². The Balaban J connectivity index is 2.11. The molecule has 1 N–H and O–H groups in total. The SMILES string of the molecule is CC1CN(c2cccc(OC(F)(F)F)c2)CCN1. The number of nitrogens with zero attached hydrogens (tertiary/aromatic N) is 1. The van der Waals surface area contributed by atoms with Crippen molar-refractivity contribution in [3.05, 3.63) is 24.3 Å². The van der Waals surface area contributed by atoms with Gasteiger partial charge in [0, 0.05) is 37.4 Å². The molecule has 0 spiro atoms. The number of hydrogen-bond acceptors (Lipinski definition) is 3. The Kier molecular flexibility index (Phi) is 3.65. The molecular weight excluding hydrogens is 245 g/mol. The van der Waals surface area contributed by atoms with E-state index in [1.165, 1.54) is 12.1 Å². The van der Waals surface area contributed by atoms with E-state index in [2.05, 4.69) is 10.1 Å². The number of halogens is 3. The molecule has 100 valence electrons. The minimum absolute atomic E-state index is 0.175. The molecule has 1 aromatic rings. The van der Waals surface area contributed by atoms with E-state index in [9.17, 15) is 13.2 Å².